The van der Waals surface area contributed by atoms with Crippen molar-refractivity contribution in [2.75, 3.05) is 34.8 Å². The monoisotopic (exact) mass is 480 g/mol. The molecule has 2 atom stereocenters. The van der Waals surface area contributed by atoms with Crippen LogP contribution in [0.15, 0.2) is 35.4 Å². The average Bonchev–Trinajstić information content (AvgIpc) is 3.31. The van der Waals surface area contributed by atoms with Crippen molar-refractivity contribution in [1.82, 2.24) is 14.7 Å². The molecule has 180 valence electrons. The van der Waals surface area contributed by atoms with Crippen LogP contribution in [-0.4, -0.2) is 47.0 Å². The molecule has 2 aromatic heterocycles. The molecule has 0 aliphatic carbocycles. The molecule has 2 amide bonds. The number of carbonyl (C=O) groups is 2. The highest BCUT2D eigenvalue weighted by molar-refractivity contribution is 7.97. The number of pyridine rings is 2. The van der Waals surface area contributed by atoms with E-state index in [0.717, 1.165) is 49.6 Å². The first-order valence-electron chi connectivity index (χ1n) is 12.1. The van der Waals surface area contributed by atoms with Gasteiger partial charge in [0.1, 0.15) is 22.5 Å². The molecule has 2 aromatic rings. The van der Waals surface area contributed by atoms with E-state index in [1.807, 2.05) is 31.2 Å². The molecule has 8 nitrogen and oxygen atoms in total. The highest BCUT2D eigenvalue weighted by Crippen LogP contribution is 2.40. The van der Waals surface area contributed by atoms with E-state index in [1.54, 1.807) is 11.0 Å². The summed E-state index contributed by atoms with van der Waals surface area (Å²) < 4.78 is 2.95. The van der Waals surface area contributed by atoms with Gasteiger partial charge in [-0.3, -0.25) is 19.2 Å². The van der Waals surface area contributed by atoms with Gasteiger partial charge in [0.05, 0.1) is 5.56 Å². The molecule has 0 spiro atoms. The SMILES string of the molecule is CC1CCN(c2ccc3c(n2)N2CC(CCCNc4cccc(n4)SNC3=O)CC2(C)C)C1=O. The molecule has 2 unspecified atom stereocenters. The minimum atomic E-state index is -0.213. The predicted molar refractivity (Wildman–Crippen MR) is 135 cm³/mol. The van der Waals surface area contributed by atoms with Crippen molar-refractivity contribution in [1.29, 1.82) is 0 Å². The zero-order valence-corrected chi connectivity index (χ0v) is 20.8. The van der Waals surface area contributed by atoms with Crippen LogP contribution in [0.2, 0.25) is 0 Å². The Morgan fingerprint density at radius 3 is 2.76 bits per heavy atom. The second-order valence-electron chi connectivity index (χ2n) is 10.2. The molecule has 3 aliphatic rings. The molecule has 3 aliphatic heterocycles. The first kappa shape index (κ1) is 23.0. The van der Waals surface area contributed by atoms with Gasteiger partial charge in [-0.2, -0.15) is 0 Å². The number of hydrogen-bond acceptors (Lipinski definition) is 7. The van der Waals surface area contributed by atoms with Gasteiger partial charge in [-0.05, 0) is 69.7 Å². The standard InChI is InChI=1S/C25H32N6O2S/c1-16-11-13-30(24(16)33)20-10-9-18-22(28-20)31-15-17(14-25(31,2)3)6-5-12-26-19-7-4-8-21(27-19)34-29-23(18)32/h4,7-10,16-17H,5-6,11-15H2,1-3H3,(H,26,27)(H,29,32). The lowest BCUT2D eigenvalue weighted by Gasteiger charge is -2.34. The Morgan fingerprint density at radius 2 is 1.97 bits per heavy atom. The van der Waals surface area contributed by atoms with Gasteiger partial charge in [0.2, 0.25) is 5.91 Å². The molecule has 2 N–H and O–H groups in total. The Hall–Kier alpha value is -2.81. The molecule has 0 aromatic carbocycles. The normalized spacial score (nSPS) is 24.7. The molecule has 4 bridgehead atoms. The Kier molecular flexibility index (Phi) is 6.14. The molecule has 5 rings (SSSR count). The molecule has 0 radical (unpaired) electrons. The van der Waals surface area contributed by atoms with E-state index in [9.17, 15) is 9.59 Å². The third kappa shape index (κ3) is 4.45. The summed E-state index contributed by atoms with van der Waals surface area (Å²) in [6, 6.07) is 9.39. The van der Waals surface area contributed by atoms with Crippen molar-refractivity contribution in [2.24, 2.45) is 11.8 Å². The fourth-order valence-corrected chi connectivity index (χ4v) is 5.90. The summed E-state index contributed by atoms with van der Waals surface area (Å²) in [6.45, 7) is 8.76. The van der Waals surface area contributed by atoms with Crippen LogP contribution in [0.4, 0.5) is 17.5 Å². The molecule has 34 heavy (non-hydrogen) atoms. The third-order valence-electron chi connectivity index (χ3n) is 7.14. The van der Waals surface area contributed by atoms with E-state index in [0.29, 0.717) is 29.7 Å². The summed E-state index contributed by atoms with van der Waals surface area (Å²) >= 11 is 1.20. The molecular formula is C25H32N6O2S. The number of rotatable bonds is 1. The number of nitrogens with one attached hydrogen (secondary N) is 2. The average molecular weight is 481 g/mol. The topological polar surface area (TPSA) is 90.5 Å². The minimum absolute atomic E-state index is 0.00332. The number of nitrogens with zero attached hydrogens (tertiary/aromatic N) is 4. The van der Waals surface area contributed by atoms with Crippen LogP contribution >= 0.6 is 11.9 Å². The van der Waals surface area contributed by atoms with E-state index in [-0.39, 0.29) is 23.3 Å². The Bertz CT molecular complexity index is 1110. The van der Waals surface area contributed by atoms with Crippen LogP contribution in [-0.2, 0) is 4.79 Å². The van der Waals surface area contributed by atoms with Crippen molar-refractivity contribution < 1.29 is 9.59 Å². The van der Waals surface area contributed by atoms with Gasteiger partial charge in [0, 0.05) is 43.0 Å². The van der Waals surface area contributed by atoms with Crippen molar-refractivity contribution in [3.8, 4) is 0 Å². The summed E-state index contributed by atoms with van der Waals surface area (Å²) in [5, 5.41) is 4.13. The van der Waals surface area contributed by atoms with Crippen molar-refractivity contribution in [3.05, 3.63) is 35.9 Å². The van der Waals surface area contributed by atoms with Crippen LogP contribution in [0.5, 0.6) is 0 Å². The van der Waals surface area contributed by atoms with Crippen LogP contribution in [0, 0.1) is 11.8 Å². The Balaban J connectivity index is 1.53. The summed E-state index contributed by atoms with van der Waals surface area (Å²) in [7, 11) is 0. The summed E-state index contributed by atoms with van der Waals surface area (Å²) in [5.74, 6) is 2.50. The molecule has 2 saturated heterocycles. The fraction of sp³-hybridized carbons (Fsp3) is 0.520. The quantitative estimate of drug-likeness (QED) is 0.594. The maximum Gasteiger partial charge on any atom is 0.265 e. The number of carbonyl (C=O) groups excluding carboxylic acids is 2. The zero-order chi connectivity index (χ0) is 23.9. The lowest BCUT2D eigenvalue weighted by Crippen LogP contribution is -2.40. The van der Waals surface area contributed by atoms with Gasteiger partial charge in [-0.1, -0.05) is 13.0 Å². The van der Waals surface area contributed by atoms with Crippen LogP contribution in [0.25, 0.3) is 0 Å². The van der Waals surface area contributed by atoms with E-state index in [1.165, 1.54) is 11.9 Å². The molecule has 9 heteroatoms. The first-order valence-corrected chi connectivity index (χ1v) is 12.9. The van der Waals surface area contributed by atoms with E-state index in [4.69, 9.17) is 4.98 Å². The van der Waals surface area contributed by atoms with Crippen LogP contribution < -0.4 is 19.8 Å². The summed E-state index contributed by atoms with van der Waals surface area (Å²) in [5.41, 5.74) is 0.380. The summed E-state index contributed by atoms with van der Waals surface area (Å²) in [4.78, 5) is 39.6. The molecule has 0 saturated carbocycles. The highest BCUT2D eigenvalue weighted by atomic mass is 32.2. The van der Waals surface area contributed by atoms with Crippen LogP contribution in [0.1, 0.15) is 56.8 Å². The van der Waals surface area contributed by atoms with Gasteiger partial charge in [0.15, 0.2) is 0 Å². The van der Waals surface area contributed by atoms with Gasteiger partial charge >= 0.3 is 0 Å². The van der Waals surface area contributed by atoms with Gasteiger partial charge < -0.3 is 10.2 Å². The van der Waals surface area contributed by atoms with Gasteiger partial charge in [-0.25, -0.2) is 9.97 Å². The number of fused-ring (bicyclic) bond motifs is 6. The minimum Gasteiger partial charge on any atom is -0.370 e. The van der Waals surface area contributed by atoms with Gasteiger partial charge in [-0.15, -0.1) is 0 Å². The lowest BCUT2D eigenvalue weighted by atomic mass is 9.93. The maximum atomic E-state index is 13.4. The predicted octanol–water partition coefficient (Wildman–Crippen LogP) is 4.10. The largest absolute Gasteiger partial charge is 0.370 e. The Labute approximate surface area is 205 Å². The van der Waals surface area contributed by atoms with Crippen molar-refractivity contribution >= 4 is 41.2 Å². The second-order valence-corrected chi connectivity index (χ2v) is 11.0. The third-order valence-corrected chi connectivity index (χ3v) is 7.86. The highest BCUT2D eigenvalue weighted by Gasteiger charge is 2.41. The molecule has 5 heterocycles. The Morgan fingerprint density at radius 1 is 1.12 bits per heavy atom. The van der Waals surface area contributed by atoms with E-state index < -0.39 is 0 Å². The number of amides is 2. The molecule has 2 fully saturated rings. The van der Waals surface area contributed by atoms with Crippen molar-refractivity contribution in [3.63, 3.8) is 0 Å². The second kappa shape index (κ2) is 9.09. The number of hydrogen-bond donors (Lipinski definition) is 2. The van der Waals surface area contributed by atoms with Crippen LogP contribution in [0.3, 0.4) is 0 Å². The van der Waals surface area contributed by atoms with E-state index >= 15 is 0 Å². The maximum absolute atomic E-state index is 13.4. The molecular weight excluding hydrogens is 448 g/mol. The zero-order valence-electron chi connectivity index (χ0n) is 20.0. The number of aromatic nitrogens is 2. The summed E-state index contributed by atoms with van der Waals surface area (Å²) in [6.07, 6.45) is 3.99. The fourth-order valence-electron chi connectivity index (χ4n) is 5.31. The van der Waals surface area contributed by atoms with Crippen molar-refractivity contribution in [2.45, 2.75) is 57.0 Å². The van der Waals surface area contributed by atoms with Gasteiger partial charge in [0.25, 0.3) is 5.91 Å². The first-order chi connectivity index (χ1) is 16.3. The van der Waals surface area contributed by atoms with E-state index in [2.05, 4.69) is 33.8 Å². The lowest BCUT2D eigenvalue weighted by molar-refractivity contribution is -0.119. The smallest absolute Gasteiger partial charge is 0.265 e. The number of anilines is 3.